The van der Waals surface area contributed by atoms with Crippen molar-refractivity contribution in [3.8, 4) is 11.1 Å². The SMILES string of the molecule is CN(C)C(=O)[C@@]1(Cc2cccc(-c3cccnc3)c2)CCCN(C(=O)[C@H]2CC=CCC2)C1. The molecule has 2 aliphatic rings. The number of nitrogens with zero attached hydrogens (tertiary/aromatic N) is 3. The average Bonchev–Trinajstić information content (AvgIpc) is 2.84. The standard InChI is InChI=1S/C27H33N3O2/c1-29(2)26(32)27(14-8-16-30(20-27)25(31)22-10-4-3-5-11-22)18-21-9-6-12-23(17-21)24-13-7-15-28-19-24/h3-4,6-7,9,12-13,15,17,19,22H,5,8,10-11,14,16,18,20H2,1-2H3/t22-,27+/m0/s1. The van der Waals surface area contributed by atoms with Gasteiger partial charge >= 0.3 is 0 Å². The van der Waals surface area contributed by atoms with Crippen LogP contribution in [0.3, 0.4) is 0 Å². The first-order valence-corrected chi connectivity index (χ1v) is 11.6. The maximum atomic E-state index is 13.5. The predicted octanol–water partition coefficient (Wildman–Crippen LogP) is 4.34. The first-order chi connectivity index (χ1) is 15.5. The fourth-order valence-electron chi connectivity index (χ4n) is 5.25. The maximum Gasteiger partial charge on any atom is 0.230 e. The van der Waals surface area contributed by atoms with Gasteiger partial charge in [0.2, 0.25) is 11.8 Å². The zero-order valence-electron chi connectivity index (χ0n) is 19.2. The van der Waals surface area contributed by atoms with E-state index in [2.05, 4.69) is 35.3 Å². The maximum absolute atomic E-state index is 13.5. The fourth-order valence-corrected chi connectivity index (χ4v) is 5.25. The van der Waals surface area contributed by atoms with Crippen LogP contribution in [0.1, 0.15) is 37.7 Å². The highest BCUT2D eigenvalue weighted by atomic mass is 16.2. The Morgan fingerprint density at radius 1 is 1.16 bits per heavy atom. The van der Waals surface area contributed by atoms with E-state index in [0.717, 1.165) is 55.3 Å². The normalized spacial score (nSPS) is 23.1. The van der Waals surface area contributed by atoms with Gasteiger partial charge in [0.1, 0.15) is 0 Å². The summed E-state index contributed by atoms with van der Waals surface area (Å²) in [6.07, 6.45) is 12.9. The van der Waals surface area contributed by atoms with Crippen LogP contribution >= 0.6 is 0 Å². The molecular weight excluding hydrogens is 398 g/mol. The summed E-state index contributed by atoms with van der Waals surface area (Å²) in [7, 11) is 3.64. The van der Waals surface area contributed by atoms with E-state index in [0.29, 0.717) is 13.0 Å². The molecule has 5 nitrogen and oxygen atoms in total. The molecule has 4 rings (SSSR count). The molecule has 0 N–H and O–H groups in total. The van der Waals surface area contributed by atoms with E-state index in [4.69, 9.17) is 0 Å². The van der Waals surface area contributed by atoms with Crippen LogP contribution in [-0.4, -0.2) is 53.8 Å². The molecular formula is C27H33N3O2. The van der Waals surface area contributed by atoms with Gasteiger partial charge < -0.3 is 9.80 Å². The van der Waals surface area contributed by atoms with Crippen LogP contribution in [0.2, 0.25) is 0 Å². The number of piperidine rings is 1. The van der Waals surface area contributed by atoms with E-state index in [1.54, 1.807) is 11.1 Å². The molecule has 2 aromatic rings. The largest absolute Gasteiger partial charge is 0.348 e. The molecule has 32 heavy (non-hydrogen) atoms. The lowest BCUT2D eigenvalue weighted by Crippen LogP contribution is -2.55. The summed E-state index contributed by atoms with van der Waals surface area (Å²) in [6.45, 7) is 1.25. The first-order valence-electron chi connectivity index (χ1n) is 11.6. The molecule has 168 valence electrons. The van der Waals surface area contributed by atoms with Crippen molar-refractivity contribution in [2.75, 3.05) is 27.2 Å². The minimum absolute atomic E-state index is 0.0548. The van der Waals surface area contributed by atoms with Gasteiger partial charge in [-0.3, -0.25) is 14.6 Å². The number of allylic oxidation sites excluding steroid dienone is 2. The van der Waals surface area contributed by atoms with E-state index >= 15 is 0 Å². The van der Waals surface area contributed by atoms with E-state index in [1.807, 2.05) is 43.4 Å². The molecule has 1 aliphatic carbocycles. The van der Waals surface area contributed by atoms with Crippen LogP contribution in [0.15, 0.2) is 60.9 Å². The van der Waals surface area contributed by atoms with Crippen molar-refractivity contribution in [3.05, 3.63) is 66.5 Å². The van der Waals surface area contributed by atoms with Crippen LogP contribution in [0.5, 0.6) is 0 Å². The smallest absolute Gasteiger partial charge is 0.230 e. The lowest BCUT2D eigenvalue weighted by molar-refractivity contribution is -0.149. The Labute approximate surface area is 191 Å². The third kappa shape index (κ3) is 4.77. The molecule has 1 fully saturated rings. The molecule has 2 atom stereocenters. The Morgan fingerprint density at radius 3 is 2.72 bits per heavy atom. The van der Waals surface area contributed by atoms with E-state index in [1.165, 1.54) is 0 Å². The van der Waals surface area contributed by atoms with Crippen LogP contribution in [-0.2, 0) is 16.0 Å². The highest BCUT2D eigenvalue weighted by Gasteiger charge is 2.45. The van der Waals surface area contributed by atoms with E-state index in [9.17, 15) is 9.59 Å². The van der Waals surface area contributed by atoms with E-state index in [-0.39, 0.29) is 17.7 Å². The van der Waals surface area contributed by atoms with Crippen LogP contribution < -0.4 is 0 Å². The third-order valence-corrected chi connectivity index (χ3v) is 6.83. The number of likely N-dealkylation sites (tertiary alicyclic amines) is 1. The highest BCUT2D eigenvalue weighted by molar-refractivity contribution is 5.85. The minimum Gasteiger partial charge on any atom is -0.348 e. The van der Waals surface area contributed by atoms with Crippen LogP contribution in [0, 0.1) is 11.3 Å². The van der Waals surface area contributed by atoms with Crippen molar-refractivity contribution >= 4 is 11.8 Å². The molecule has 2 amide bonds. The molecule has 1 aromatic carbocycles. The number of rotatable bonds is 5. The van der Waals surface area contributed by atoms with Crippen molar-refractivity contribution in [1.82, 2.24) is 14.8 Å². The molecule has 0 unspecified atom stereocenters. The average molecular weight is 432 g/mol. The summed E-state index contributed by atoms with van der Waals surface area (Å²) >= 11 is 0. The van der Waals surface area contributed by atoms with Gasteiger partial charge in [0.25, 0.3) is 0 Å². The van der Waals surface area contributed by atoms with Gasteiger partial charge in [0.15, 0.2) is 0 Å². The molecule has 0 radical (unpaired) electrons. The Kier molecular flexibility index (Phi) is 6.73. The Morgan fingerprint density at radius 2 is 2.00 bits per heavy atom. The second kappa shape index (κ2) is 9.68. The molecule has 1 saturated heterocycles. The summed E-state index contributed by atoms with van der Waals surface area (Å²) < 4.78 is 0. The number of benzene rings is 1. The van der Waals surface area contributed by atoms with Crippen molar-refractivity contribution in [2.24, 2.45) is 11.3 Å². The second-order valence-electron chi connectivity index (χ2n) is 9.44. The highest BCUT2D eigenvalue weighted by Crippen LogP contribution is 2.37. The number of carbonyl (C=O) groups is 2. The molecule has 0 bridgehead atoms. The van der Waals surface area contributed by atoms with Crippen molar-refractivity contribution in [3.63, 3.8) is 0 Å². The van der Waals surface area contributed by atoms with Gasteiger partial charge in [-0.05, 0) is 61.3 Å². The van der Waals surface area contributed by atoms with Crippen molar-refractivity contribution in [2.45, 2.75) is 38.5 Å². The Hall–Kier alpha value is -2.95. The van der Waals surface area contributed by atoms with Gasteiger partial charge in [-0.1, -0.05) is 42.5 Å². The number of carbonyl (C=O) groups excluding carboxylic acids is 2. The van der Waals surface area contributed by atoms with E-state index < -0.39 is 5.41 Å². The molecule has 1 aromatic heterocycles. The first kappa shape index (κ1) is 22.3. The van der Waals surface area contributed by atoms with Crippen molar-refractivity contribution in [1.29, 1.82) is 0 Å². The Balaban J connectivity index is 1.60. The summed E-state index contributed by atoms with van der Waals surface area (Å²) in [5.74, 6) is 0.388. The monoisotopic (exact) mass is 431 g/mol. The van der Waals surface area contributed by atoms with Crippen molar-refractivity contribution < 1.29 is 9.59 Å². The predicted molar refractivity (Wildman–Crippen MR) is 127 cm³/mol. The fraction of sp³-hybridized carbons (Fsp3) is 0.444. The summed E-state index contributed by atoms with van der Waals surface area (Å²) in [5.41, 5.74) is 2.69. The number of hydrogen-bond donors (Lipinski definition) is 0. The van der Waals surface area contributed by atoms with Gasteiger partial charge in [0, 0.05) is 45.5 Å². The molecule has 0 spiro atoms. The summed E-state index contributed by atoms with van der Waals surface area (Å²) in [5, 5.41) is 0. The molecule has 1 aliphatic heterocycles. The zero-order valence-corrected chi connectivity index (χ0v) is 19.2. The molecule has 0 saturated carbocycles. The lowest BCUT2D eigenvalue weighted by Gasteiger charge is -2.44. The quantitative estimate of drug-likeness (QED) is 0.662. The second-order valence-corrected chi connectivity index (χ2v) is 9.44. The topological polar surface area (TPSA) is 53.5 Å². The number of pyridine rings is 1. The van der Waals surface area contributed by atoms with Gasteiger partial charge in [-0.15, -0.1) is 0 Å². The Bertz CT molecular complexity index is 985. The van der Waals surface area contributed by atoms with Crippen LogP contribution in [0.4, 0.5) is 0 Å². The number of amides is 2. The van der Waals surface area contributed by atoms with Gasteiger partial charge in [0.05, 0.1) is 5.41 Å². The summed E-state index contributed by atoms with van der Waals surface area (Å²) in [4.78, 5) is 34.7. The van der Waals surface area contributed by atoms with Crippen LogP contribution in [0.25, 0.3) is 11.1 Å². The number of hydrogen-bond acceptors (Lipinski definition) is 3. The van der Waals surface area contributed by atoms with Gasteiger partial charge in [-0.25, -0.2) is 0 Å². The molecule has 5 heteroatoms. The zero-order chi connectivity index (χ0) is 22.6. The summed E-state index contributed by atoms with van der Waals surface area (Å²) in [6, 6.07) is 12.4. The molecule has 2 heterocycles. The minimum atomic E-state index is -0.588. The number of aromatic nitrogens is 1. The lowest BCUT2D eigenvalue weighted by atomic mass is 9.73. The third-order valence-electron chi connectivity index (χ3n) is 6.83. The van der Waals surface area contributed by atoms with Gasteiger partial charge in [-0.2, -0.15) is 0 Å².